The van der Waals surface area contributed by atoms with Crippen LogP contribution in [-0.2, 0) is 16.1 Å². The Morgan fingerprint density at radius 3 is 2.62 bits per heavy atom. The second kappa shape index (κ2) is 8.36. The molecule has 0 atom stereocenters. The first kappa shape index (κ1) is 20.0. The molecule has 1 aromatic carbocycles. The number of amides is 1. The highest BCUT2D eigenvalue weighted by Gasteiger charge is 2.22. The fraction of sp³-hybridized carbons (Fsp3) is 0.421. The van der Waals surface area contributed by atoms with E-state index in [0.717, 1.165) is 11.1 Å². The summed E-state index contributed by atoms with van der Waals surface area (Å²) in [6, 6.07) is 5.75. The SMILES string of the molecule is Cc1ccc(C)c(NC(=O)COC(=O)c2c(C)nn(CC(C)C)c2Cl)c1. The van der Waals surface area contributed by atoms with Gasteiger partial charge in [-0.15, -0.1) is 0 Å². The molecule has 26 heavy (non-hydrogen) atoms. The zero-order chi connectivity index (χ0) is 19.4. The molecular weight excluding hydrogens is 354 g/mol. The van der Waals surface area contributed by atoms with Crippen LogP contribution in [-0.4, -0.2) is 28.3 Å². The molecule has 1 aromatic heterocycles. The van der Waals surface area contributed by atoms with Crippen molar-refractivity contribution in [2.45, 2.75) is 41.2 Å². The second-order valence-electron chi connectivity index (χ2n) is 6.77. The van der Waals surface area contributed by atoms with E-state index in [-0.39, 0.29) is 10.7 Å². The molecule has 1 amide bonds. The highest BCUT2D eigenvalue weighted by molar-refractivity contribution is 6.32. The molecule has 2 rings (SSSR count). The Morgan fingerprint density at radius 2 is 1.96 bits per heavy atom. The maximum atomic E-state index is 12.3. The summed E-state index contributed by atoms with van der Waals surface area (Å²) in [5.41, 5.74) is 3.35. The maximum absolute atomic E-state index is 12.3. The highest BCUT2D eigenvalue weighted by atomic mass is 35.5. The summed E-state index contributed by atoms with van der Waals surface area (Å²) < 4.78 is 6.70. The number of carbonyl (C=O) groups excluding carboxylic acids is 2. The molecule has 1 N–H and O–H groups in total. The van der Waals surface area contributed by atoms with Crippen LogP contribution >= 0.6 is 11.6 Å². The molecule has 0 aliphatic heterocycles. The van der Waals surface area contributed by atoms with Crippen molar-refractivity contribution in [3.63, 3.8) is 0 Å². The lowest BCUT2D eigenvalue weighted by atomic mass is 10.1. The number of aryl methyl sites for hydroxylation is 3. The summed E-state index contributed by atoms with van der Waals surface area (Å²) in [6.45, 7) is 9.79. The van der Waals surface area contributed by atoms with Crippen LogP contribution < -0.4 is 5.32 Å². The Morgan fingerprint density at radius 1 is 1.27 bits per heavy atom. The van der Waals surface area contributed by atoms with Gasteiger partial charge in [0.05, 0.1) is 5.69 Å². The van der Waals surface area contributed by atoms with E-state index in [9.17, 15) is 9.59 Å². The number of hydrogen-bond acceptors (Lipinski definition) is 4. The summed E-state index contributed by atoms with van der Waals surface area (Å²) in [7, 11) is 0. The van der Waals surface area contributed by atoms with Gasteiger partial charge in [-0.1, -0.05) is 37.6 Å². The zero-order valence-corrected chi connectivity index (χ0v) is 16.5. The first-order valence-corrected chi connectivity index (χ1v) is 8.84. The highest BCUT2D eigenvalue weighted by Crippen LogP contribution is 2.22. The fourth-order valence-electron chi connectivity index (χ4n) is 2.51. The van der Waals surface area contributed by atoms with Gasteiger partial charge in [0.25, 0.3) is 5.91 Å². The van der Waals surface area contributed by atoms with Crippen LogP contribution in [0.1, 0.15) is 41.0 Å². The lowest BCUT2D eigenvalue weighted by molar-refractivity contribution is -0.119. The average molecular weight is 378 g/mol. The number of halogens is 1. The monoisotopic (exact) mass is 377 g/mol. The predicted octanol–water partition coefficient (Wildman–Crippen LogP) is 3.91. The van der Waals surface area contributed by atoms with Gasteiger partial charge in [-0.25, -0.2) is 4.79 Å². The van der Waals surface area contributed by atoms with Crippen molar-refractivity contribution in [3.8, 4) is 0 Å². The molecule has 140 valence electrons. The summed E-state index contributed by atoms with van der Waals surface area (Å²) in [5, 5.41) is 7.25. The zero-order valence-electron chi connectivity index (χ0n) is 15.7. The van der Waals surface area contributed by atoms with E-state index in [4.69, 9.17) is 16.3 Å². The van der Waals surface area contributed by atoms with E-state index in [0.29, 0.717) is 23.8 Å². The molecule has 1 heterocycles. The predicted molar refractivity (Wildman–Crippen MR) is 102 cm³/mol. The molecule has 0 unspecified atom stereocenters. The number of hydrogen-bond donors (Lipinski definition) is 1. The molecule has 0 fully saturated rings. The third-order valence-electron chi connectivity index (χ3n) is 3.81. The molecule has 2 aromatic rings. The Labute approximate surface area is 158 Å². The minimum Gasteiger partial charge on any atom is -0.452 e. The lowest BCUT2D eigenvalue weighted by Crippen LogP contribution is -2.21. The van der Waals surface area contributed by atoms with Crippen molar-refractivity contribution < 1.29 is 14.3 Å². The Balaban J connectivity index is 2.01. The van der Waals surface area contributed by atoms with Crippen LogP contribution in [0.15, 0.2) is 18.2 Å². The number of nitrogens with zero attached hydrogens (tertiary/aromatic N) is 2. The number of benzene rings is 1. The van der Waals surface area contributed by atoms with Gasteiger partial charge in [-0.2, -0.15) is 5.10 Å². The van der Waals surface area contributed by atoms with Crippen LogP contribution in [0.2, 0.25) is 5.15 Å². The van der Waals surface area contributed by atoms with Crippen molar-refractivity contribution in [2.75, 3.05) is 11.9 Å². The van der Waals surface area contributed by atoms with Gasteiger partial charge >= 0.3 is 5.97 Å². The lowest BCUT2D eigenvalue weighted by Gasteiger charge is -2.10. The Kier molecular flexibility index (Phi) is 6.42. The molecular formula is C19H24ClN3O3. The van der Waals surface area contributed by atoms with Gasteiger partial charge in [0.2, 0.25) is 0 Å². The Bertz CT molecular complexity index is 828. The van der Waals surface area contributed by atoms with Gasteiger partial charge in [0, 0.05) is 12.2 Å². The first-order valence-electron chi connectivity index (χ1n) is 8.46. The van der Waals surface area contributed by atoms with Crippen LogP contribution in [0, 0.1) is 26.7 Å². The molecule has 0 bridgehead atoms. The van der Waals surface area contributed by atoms with Gasteiger partial charge in [0.15, 0.2) is 6.61 Å². The molecule has 0 aliphatic carbocycles. The van der Waals surface area contributed by atoms with Crippen molar-refractivity contribution in [2.24, 2.45) is 5.92 Å². The van der Waals surface area contributed by atoms with Gasteiger partial charge in [-0.05, 0) is 43.9 Å². The average Bonchev–Trinajstić information content (AvgIpc) is 2.82. The van der Waals surface area contributed by atoms with E-state index in [1.807, 2.05) is 45.9 Å². The third-order valence-corrected chi connectivity index (χ3v) is 4.19. The quantitative estimate of drug-likeness (QED) is 0.774. The minimum atomic E-state index is -0.654. The van der Waals surface area contributed by atoms with Crippen molar-refractivity contribution >= 4 is 29.2 Å². The molecule has 0 aliphatic rings. The van der Waals surface area contributed by atoms with Crippen LogP contribution in [0.25, 0.3) is 0 Å². The molecule has 0 saturated heterocycles. The maximum Gasteiger partial charge on any atom is 0.343 e. The molecule has 6 nitrogen and oxygen atoms in total. The van der Waals surface area contributed by atoms with E-state index in [1.165, 1.54) is 0 Å². The molecule has 0 spiro atoms. The van der Waals surface area contributed by atoms with E-state index in [1.54, 1.807) is 11.6 Å². The van der Waals surface area contributed by atoms with Crippen molar-refractivity contribution in [1.82, 2.24) is 9.78 Å². The molecule has 0 radical (unpaired) electrons. The van der Waals surface area contributed by atoms with E-state index >= 15 is 0 Å². The van der Waals surface area contributed by atoms with Crippen molar-refractivity contribution in [3.05, 3.63) is 45.7 Å². The minimum absolute atomic E-state index is 0.201. The van der Waals surface area contributed by atoms with Gasteiger partial charge in [-0.3, -0.25) is 9.48 Å². The number of esters is 1. The number of nitrogens with one attached hydrogen (secondary N) is 1. The Hall–Kier alpha value is -2.34. The number of aromatic nitrogens is 2. The van der Waals surface area contributed by atoms with Crippen LogP contribution in [0.5, 0.6) is 0 Å². The van der Waals surface area contributed by atoms with Gasteiger partial charge in [0.1, 0.15) is 10.7 Å². The molecule has 0 saturated carbocycles. The summed E-state index contributed by atoms with van der Waals surface area (Å²) in [4.78, 5) is 24.4. The number of anilines is 1. The number of rotatable bonds is 6. The normalized spacial score (nSPS) is 10.9. The van der Waals surface area contributed by atoms with Crippen molar-refractivity contribution in [1.29, 1.82) is 0 Å². The summed E-state index contributed by atoms with van der Waals surface area (Å²) in [5.74, 6) is -0.729. The third kappa shape index (κ3) is 4.85. The standard InChI is InChI=1S/C19H24ClN3O3/c1-11(2)9-23-18(20)17(14(5)22-23)19(25)26-10-16(24)21-15-8-12(3)6-7-13(15)4/h6-8,11H,9-10H2,1-5H3,(H,21,24). The summed E-state index contributed by atoms with van der Waals surface area (Å²) in [6.07, 6.45) is 0. The first-order chi connectivity index (χ1) is 12.2. The summed E-state index contributed by atoms with van der Waals surface area (Å²) >= 11 is 6.25. The van der Waals surface area contributed by atoms with Crippen LogP contribution in [0.3, 0.4) is 0 Å². The number of ether oxygens (including phenoxy) is 1. The largest absolute Gasteiger partial charge is 0.452 e. The van der Waals surface area contributed by atoms with E-state index in [2.05, 4.69) is 10.4 Å². The smallest absolute Gasteiger partial charge is 0.343 e. The second-order valence-corrected chi connectivity index (χ2v) is 7.13. The molecule has 7 heteroatoms. The van der Waals surface area contributed by atoms with Crippen LogP contribution in [0.4, 0.5) is 5.69 Å². The van der Waals surface area contributed by atoms with Gasteiger partial charge < -0.3 is 10.1 Å². The number of carbonyl (C=O) groups is 2. The fourth-order valence-corrected chi connectivity index (χ4v) is 2.83. The van der Waals surface area contributed by atoms with E-state index < -0.39 is 18.5 Å². The topological polar surface area (TPSA) is 73.2 Å².